The van der Waals surface area contributed by atoms with Crippen molar-refractivity contribution in [3.05, 3.63) is 24.0 Å². The molecule has 2 saturated heterocycles. The molecule has 0 bridgehead atoms. The Morgan fingerprint density at radius 1 is 1.23 bits per heavy atom. The third-order valence-electron chi connectivity index (χ3n) is 4.90. The maximum Gasteiger partial charge on any atom is 0.217 e. The van der Waals surface area contributed by atoms with E-state index in [-0.39, 0.29) is 5.91 Å². The average molecular weight is 302 g/mol. The third-order valence-corrected chi connectivity index (χ3v) is 4.90. The van der Waals surface area contributed by atoms with E-state index in [9.17, 15) is 4.79 Å². The van der Waals surface area contributed by atoms with Crippen molar-refractivity contribution < 1.29 is 4.79 Å². The molecule has 0 radical (unpaired) electrons. The Hall–Kier alpha value is -1.62. The van der Waals surface area contributed by atoms with Crippen molar-refractivity contribution in [1.82, 2.24) is 15.2 Å². The van der Waals surface area contributed by atoms with Crippen molar-refractivity contribution in [1.29, 1.82) is 0 Å². The SMILES string of the molecule is CC(=O)NC1CCN(c2ccc([C@@H]3CCCN3C)nc2)CC1. The van der Waals surface area contributed by atoms with Gasteiger partial charge < -0.3 is 10.2 Å². The largest absolute Gasteiger partial charge is 0.370 e. The predicted octanol–water partition coefficient (Wildman–Crippen LogP) is 1.95. The number of nitrogens with zero attached hydrogens (tertiary/aromatic N) is 3. The molecule has 1 amide bonds. The molecular weight excluding hydrogens is 276 g/mol. The predicted molar refractivity (Wildman–Crippen MR) is 87.9 cm³/mol. The van der Waals surface area contributed by atoms with Crippen LogP contribution in [-0.4, -0.2) is 48.5 Å². The first kappa shape index (κ1) is 15.3. The molecule has 5 heteroatoms. The molecule has 1 N–H and O–H groups in total. The normalized spacial score (nSPS) is 23.7. The molecule has 22 heavy (non-hydrogen) atoms. The lowest BCUT2D eigenvalue weighted by Gasteiger charge is -2.33. The van der Waals surface area contributed by atoms with Crippen molar-refractivity contribution in [2.75, 3.05) is 31.6 Å². The number of likely N-dealkylation sites (tertiary alicyclic amines) is 1. The van der Waals surface area contributed by atoms with Gasteiger partial charge in [-0.25, -0.2) is 0 Å². The highest BCUT2D eigenvalue weighted by Crippen LogP contribution is 2.30. The van der Waals surface area contributed by atoms with E-state index in [1.54, 1.807) is 6.92 Å². The first-order valence-electron chi connectivity index (χ1n) is 8.32. The summed E-state index contributed by atoms with van der Waals surface area (Å²) in [5.41, 5.74) is 2.39. The molecular formula is C17H26N4O. The molecule has 0 saturated carbocycles. The fourth-order valence-electron chi connectivity index (χ4n) is 3.64. The number of nitrogens with one attached hydrogen (secondary N) is 1. The Morgan fingerprint density at radius 2 is 2.00 bits per heavy atom. The lowest BCUT2D eigenvalue weighted by atomic mass is 10.0. The number of piperidine rings is 1. The number of hydrogen-bond acceptors (Lipinski definition) is 4. The minimum absolute atomic E-state index is 0.0742. The van der Waals surface area contributed by atoms with E-state index in [2.05, 4.69) is 34.3 Å². The molecule has 0 aromatic carbocycles. The van der Waals surface area contributed by atoms with Gasteiger partial charge in [0.05, 0.1) is 23.6 Å². The van der Waals surface area contributed by atoms with Crippen molar-refractivity contribution in [3.8, 4) is 0 Å². The monoisotopic (exact) mass is 302 g/mol. The van der Waals surface area contributed by atoms with Crippen molar-refractivity contribution in [3.63, 3.8) is 0 Å². The van der Waals surface area contributed by atoms with Gasteiger partial charge in [-0.1, -0.05) is 0 Å². The zero-order valence-corrected chi connectivity index (χ0v) is 13.6. The summed E-state index contributed by atoms with van der Waals surface area (Å²) >= 11 is 0. The van der Waals surface area contributed by atoms with Gasteiger partial charge in [-0.3, -0.25) is 14.7 Å². The van der Waals surface area contributed by atoms with Crippen LogP contribution in [0.3, 0.4) is 0 Å². The van der Waals surface area contributed by atoms with Crippen LogP contribution in [0.5, 0.6) is 0 Å². The van der Waals surface area contributed by atoms with Crippen molar-refractivity contribution >= 4 is 11.6 Å². The number of aromatic nitrogens is 1. The van der Waals surface area contributed by atoms with Gasteiger partial charge in [-0.05, 0) is 51.4 Å². The minimum atomic E-state index is 0.0742. The maximum absolute atomic E-state index is 11.1. The van der Waals surface area contributed by atoms with Crippen LogP contribution in [-0.2, 0) is 4.79 Å². The van der Waals surface area contributed by atoms with E-state index in [1.807, 2.05) is 6.20 Å². The van der Waals surface area contributed by atoms with Crippen LogP contribution < -0.4 is 10.2 Å². The molecule has 2 aliphatic rings. The van der Waals surface area contributed by atoms with E-state index in [0.29, 0.717) is 12.1 Å². The van der Waals surface area contributed by atoms with E-state index >= 15 is 0 Å². The summed E-state index contributed by atoms with van der Waals surface area (Å²) in [6.07, 6.45) is 6.51. The summed E-state index contributed by atoms with van der Waals surface area (Å²) in [7, 11) is 2.18. The number of rotatable bonds is 3. The topological polar surface area (TPSA) is 48.5 Å². The van der Waals surface area contributed by atoms with Crippen LogP contribution in [0, 0.1) is 0 Å². The number of pyridine rings is 1. The van der Waals surface area contributed by atoms with E-state index in [0.717, 1.165) is 25.9 Å². The van der Waals surface area contributed by atoms with Crippen LogP contribution in [0.4, 0.5) is 5.69 Å². The molecule has 1 atom stereocenters. The Kier molecular flexibility index (Phi) is 4.62. The Morgan fingerprint density at radius 3 is 2.55 bits per heavy atom. The number of hydrogen-bond donors (Lipinski definition) is 1. The lowest BCUT2D eigenvalue weighted by Crippen LogP contribution is -2.44. The molecule has 3 rings (SSSR count). The number of amides is 1. The molecule has 2 aliphatic heterocycles. The zero-order chi connectivity index (χ0) is 15.5. The van der Waals surface area contributed by atoms with Crippen LogP contribution >= 0.6 is 0 Å². The molecule has 0 unspecified atom stereocenters. The summed E-state index contributed by atoms with van der Waals surface area (Å²) in [5.74, 6) is 0.0742. The maximum atomic E-state index is 11.1. The highest BCUT2D eigenvalue weighted by molar-refractivity contribution is 5.73. The molecule has 3 heterocycles. The van der Waals surface area contributed by atoms with Gasteiger partial charge in [-0.15, -0.1) is 0 Å². The summed E-state index contributed by atoms with van der Waals surface area (Å²) in [4.78, 5) is 20.6. The number of carbonyl (C=O) groups is 1. The smallest absolute Gasteiger partial charge is 0.217 e. The second-order valence-corrected chi connectivity index (χ2v) is 6.54. The van der Waals surface area contributed by atoms with E-state index in [4.69, 9.17) is 4.98 Å². The summed E-state index contributed by atoms with van der Waals surface area (Å²) in [6.45, 7) is 4.73. The Balaban J connectivity index is 1.58. The molecule has 120 valence electrons. The van der Waals surface area contributed by atoms with E-state index in [1.165, 1.54) is 30.8 Å². The van der Waals surface area contributed by atoms with Gasteiger partial charge >= 0.3 is 0 Å². The highest BCUT2D eigenvalue weighted by Gasteiger charge is 2.24. The fourth-order valence-corrected chi connectivity index (χ4v) is 3.64. The number of carbonyl (C=O) groups excluding carboxylic acids is 1. The number of anilines is 1. The molecule has 1 aromatic heterocycles. The van der Waals surface area contributed by atoms with Gasteiger partial charge in [0.1, 0.15) is 0 Å². The second kappa shape index (κ2) is 6.65. The minimum Gasteiger partial charge on any atom is -0.370 e. The van der Waals surface area contributed by atoms with E-state index < -0.39 is 0 Å². The first-order chi connectivity index (χ1) is 10.6. The van der Waals surface area contributed by atoms with Crippen molar-refractivity contribution in [2.24, 2.45) is 0 Å². The molecule has 2 fully saturated rings. The standard InChI is InChI=1S/C17H26N4O/c1-13(22)19-14-7-10-21(11-8-14)15-5-6-16(18-12-15)17-4-3-9-20(17)2/h5-6,12,14,17H,3-4,7-11H2,1-2H3,(H,19,22)/t17-/m0/s1. The lowest BCUT2D eigenvalue weighted by molar-refractivity contribution is -0.119. The molecule has 0 spiro atoms. The van der Waals surface area contributed by atoms with Gasteiger partial charge in [0.25, 0.3) is 0 Å². The Bertz CT molecular complexity index is 508. The molecule has 0 aliphatic carbocycles. The molecule has 5 nitrogen and oxygen atoms in total. The van der Waals surface area contributed by atoms with Crippen LogP contribution in [0.1, 0.15) is 44.3 Å². The zero-order valence-electron chi connectivity index (χ0n) is 13.6. The van der Waals surface area contributed by atoms with Crippen molar-refractivity contribution in [2.45, 2.75) is 44.7 Å². The van der Waals surface area contributed by atoms with Gasteiger partial charge in [-0.2, -0.15) is 0 Å². The molecule has 1 aromatic rings. The van der Waals surface area contributed by atoms with Gasteiger partial charge in [0.15, 0.2) is 0 Å². The van der Waals surface area contributed by atoms with Crippen LogP contribution in [0.25, 0.3) is 0 Å². The summed E-state index contributed by atoms with van der Waals surface area (Å²) in [5, 5.41) is 3.02. The van der Waals surface area contributed by atoms with Gasteiger partial charge in [0.2, 0.25) is 5.91 Å². The third kappa shape index (κ3) is 3.40. The van der Waals surface area contributed by atoms with Crippen LogP contribution in [0.15, 0.2) is 18.3 Å². The summed E-state index contributed by atoms with van der Waals surface area (Å²) in [6, 6.07) is 5.20. The second-order valence-electron chi connectivity index (χ2n) is 6.54. The highest BCUT2D eigenvalue weighted by atomic mass is 16.1. The average Bonchev–Trinajstić information content (AvgIpc) is 2.94. The fraction of sp³-hybridized carbons (Fsp3) is 0.647. The first-order valence-corrected chi connectivity index (χ1v) is 8.32. The quantitative estimate of drug-likeness (QED) is 0.927. The Labute approximate surface area is 132 Å². The van der Waals surface area contributed by atoms with Crippen LogP contribution in [0.2, 0.25) is 0 Å². The van der Waals surface area contributed by atoms with Gasteiger partial charge in [0, 0.05) is 26.1 Å². The summed E-state index contributed by atoms with van der Waals surface area (Å²) < 4.78 is 0.